The molecule has 0 amide bonds. The number of rotatable bonds is 2. The number of halogens is 1. The van der Waals surface area contributed by atoms with E-state index >= 15 is 0 Å². The first-order valence-electron chi connectivity index (χ1n) is 5.17. The lowest BCUT2D eigenvalue weighted by Crippen LogP contribution is -2.38. The third kappa shape index (κ3) is 2.39. The predicted molar refractivity (Wildman–Crippen MR) is 61.6 cm³/mol. The van der Waals surface area contributed by atoms with Crippen LogP contribution in [0.5, 0.6) is 0 Å². The lowest BCUT2D eigenvalue weighted by atomic mass is 10.1. The van der Waals surface area contributed by atoms with Gasteiger partial charge in [0.2, 0.25) is 0 Å². The second kappa shape index (κ2) is 4.35. The first-order valence-corrected chi connectivity index (χ1v) is 7.44. The predicted octanol–water partition coefficient (Wildman–Crippen LogP) is 1.31. The zero-order valence-corrected chi connectivity index (χ0v) is 10.6. The number of aromatic nitrogens is 2. The van der Waals surface area contributed by atoms with Crippen molar-refractivity contribution in [1.82, 2.24) is 13.9 Å². The lowest BCUT2D eigenvalue weighted by molar-refractivity contribution is 0.268. The van der Waals surface area contributed by atoms with Gasteiger partial charge in [0, 0.05) is 42.2 Å². The fourth-order valence-electron chi connectivity index (χ4n) is 2.12. The molecule has 1 atom stereocenters. The molecule has 1 aromatic rings. The molecule has 0 aromatic carbocycles. The van der Waals surface area contributed by atoms with E-state index in [2.05, 4.69) is 4.98 Å². The molecule has 1 aliphatic heterocycles. The van der Waals surface area contributed by atoms with Crippen molar-refractivity contribution in [3.63, 3.8) is 0 Å². The van der Waals surface area contributed by atoms with E-state index in [-0.39, 0.29) is 6.04 Å². The number of imidazole rings is 1. The molecular formula is C9H14ClN3O2S. The fourth-order valence-corrected chi connectivity index (χ4v) is 3.19. The average Bonchev–Trinajstić information content (AvgIpc) is 2.63. The van der Waals surface area contributed by atoms with E-state index in [0.29, 0.717) is 13.1 Å². The fraction of sp³-hybridized carbons (Fsp3) is 0.667. The van der Waals surface area contributed by atoms with E-state index in [1.165, 1.54) is 4.31 Å². The van der Waals surface area contributed by atoms with Crippen molar-refractivity contribution in [3.05, 3.63) is 18.2 Å². The summed E-state index contributed by atoms with van der Waals surface area (Å²) in [5, 5.41) is 0. The van der Waals surface area contributed by atoms with Crippen molar-refractivity contribution < 1.29 is 8.42 Å². The van der Waals surface area contributed by atoms with Crippen molar-refractivity contribution in [3.8, 4) is 0 Å². The minimum absolute atomic E-state index is 0.143. The molecule has 1 aliphatic rings. The zero-order chi connectivity index (χ0) is 11.8. The Kier molecular flexibility index (Phi) is 3.23. The van der Waals surface area contributed by atoms with E-state index in [9.17, 15) is 8.42 Å². The molecule has 0 bridgehead atoms. The van der Waals surface area contributed by atoms with Gasteiger partial charge in [-0.05, 0) is 19.8 Å². The molecule has 5 nitrogen and oxygen atoms in total. The Morgan fingerprint density at radius 1 is 1.56 bits per heavy atom. The Bertz CT molecular complexity index is 471. The number of piperidine rings is 1. The normalized spacial score (nSPS) is 23.5. The van der Waals surface area contributed by atoms with E-state index in [0.717, 1.165) is 18.7 Å². The largest absolute Gasteiger partial charge is 0.331 e. The van der Waals surface area contributed by atoms with Crippen LogP contribution in [0.1, 0.15) is 24.7 Å². The molecule has 0 spiro atoms. The molecule has 0 radical (unpaired) electrons. The van der Waals surface area contributed by atoms with Gasteiger partial charge >= 0.3 is 0 Å². The third-order valence-electron chi connectivity index (χ3n) is 2.92. The first-order chi connectivity index (χ1) is 7.48. The second-order valence-electron chi connectivity index (χ2n) is 3.98. The van der Waals surface area contributed by atoms with Crippen molar-refractivity contribution in [2.75, 3.05) is 13.1 Å². The molecule has 1 aromatic heterocycles. The summed E-state index contributed by atoms with van der Waals surface area (Å²) < 4.78 is 25.8. The molecule has 16 heavy (non-hydrogen) atoms. The van der Waals surface area contributed by atoms with Crippen LogP contribution < -0.4 is 0 Å². The van der Waals surface area contributed by atoms with Crippen LogP contribution in [0.25, 0.3) is 0 Å². The van der Waals surface area contributed by atoms with Crippen LogP contribution in [0.2, 0.25) is 0 Å². The van der Waals surface area contributed by atoms with Gasteiger partial charge in [-0.25, -0.2) is 4.98 Å². The van der Waals surface area contributed by atoms with E-state index in [1.807, 2.05) is 17.7 Å². The molecule has 0 N–H and O–H groups in total. The van der Waals surface area contributed by atoms with Crippen molar-refractivity contribution in [1.29, 1.82) is 0 Å². The van der Waals surface area contributed by atoms with Crippen LogP contribution in [0.3, 0.4) is 0 Å². The average molecular weight is 264 g/mol. The summed E-state index contributed by atoms with van der Waals surface area (Å²) >= 11 is 0. The molecule has 2 heterocycles. The van der Waals surface area contributed by atoms with Gasteiger partial charge in [-0.15, -0.1) is 0 Å². The van der Waals surface area contributed by atoms with Crippen LogP contribution in [0, 0.1) is 6.92 Å². The van der Waals surface area contributed by atoms with Crippen LogP contribution in [-0.2, 0) is 9.24 Å². The Labute approximate surface area is 99.6 Å². The van der Waals surface area contributed by atoms with Gasteiger partial charge in [0.25, 0.3) is 9.24 Å². The molecule has 1 fully saturated rings. The summed E-state index contributed by atoms with van der Waals surface area (Å²) in [5.74, 6) is 0.902. The number of nitrogens with zero attached hydrogens (tertiary/aromatic N) is 3. The summed E-state index contributed by atoms with van der Waals surface area (Å²) in [6.07, 6.45) is 5.39. The number of hydrogen-bond donors (Lipinski definition) is 0. The first kappa shape index (κ1) is 11.9. The quantitative estimate of drug-likeness (QED) is 0.756. The molecule has 2 rings (SSSR count). The molecule has 1 saturated heterocycles. The Morgan fingerprint density at radius 3 is 2.88 bits per heavy atom. The van der Waals surface area contributed by atoms with E-state index < -0.39 is 9.24 Å². The lowest BCUT2D eigenvalue weighted by Gasteiger charge is -2.31. The Balaban J connectivity index is 2.17. The van der Waals surface area contributed by atoms with Crippen molar-refractivity contribution in [2.45, 2.75) is 25.8 Å². The zero-order valence-electron chi connectivity index (χ0n) is 9.00. The molecule has 7 heteroatoms. The smallest absolute Gasteiger partial charge is 0.299 e. The summed E-state index contributed by atoms with van der Waals surface area (Å²) in [7, 11) is 1.76. The molecule has 90 valence electrons. The maximum absolute atomic E-state index is 11.3. The topological polar surface area (TPSA) is 55.2 Å². The van der Waals surface area contributed by atoms with Gasteiger partial charge in [-0.1, -0.05) is 0 Å². The summed E-state index contributed by atoms with van der Waals surface area (Å²) in [4.78, 5) is 4.14. The van der Waals surface area contributed by atoms with Crippen LogP contribution in [0.15, 0.2) is 12.4 Å². The standard InChI is InChI=1S/C9H14ClN3O2S/c1-8-11-4-6-13(8)9-3-2-5-12(7-9)16(10,14)15/h4,6,9H,2-3,5,7H2,1H3. The Morgan fingerprint density at radius 2 is 2.31 bits per heavy atom. The summed E-state index contributed by atoms with van der Waals surface area (Å²) in [6.45, 7) is 2.85. The van der Waals surface area contributed by atoms with Gasteiger partial charge in [0.15, 0.2) is 0 Å². The van der Waals surface area contributed by atoms with Gasteiger partial charge in [-0.3, -0.25) is 0 Å². The highest BCUT2D eigenvalue weighted by Crippen LogP contribution is 2.25. The van der Waals surface area contributed by atoms with Gasteiger partial charge in [0.05, 0.1) is 0 Å². The van der Waals surface area contributed by atoms with Crippen molar-refractivity contribution >= 4 is 19.9 Å². The monoisotopic (exact) mass is 263 g/mol. The highest BCUT2D eigenvalue weighted by molar-refractivity contribution is 8.11. The van der Waals surface area contributed by atoms with Crippen LogP contribution >= 0.6 is 10.7 Å². The SMILES string of the molecule is Cc1nccn1C1CCCN(S(=O)(=O)Cl)C1. The molecule has 1 unspecified atom stereocenters. The van der Waals surface area contributed by atoms with Crippen LogP contribution in [-0.4, -0.2) is 35.4 Å². The maximum atomic E-state index is 11.3. The summed E-state index contributed by atoms with van der Waals surface area (Å²) in [6, 6.07) is 0.143. The van der Waals surface area contributed by atoms with Crippen molar-refractivity contribution in [2.24, 2.45) is 0 Å². The molecule has 0 aliphatic carbocycles. The van der Waals surface area contributed by atoms with Gasteiger partial charge in [-0.2, -0.15) is 12.7 Å². The summed E-state index contributed by atoms with van der Waals surface area (Å²) in [5.41, 5.74) is 0. The highest BCUT2D eigenvalue weighted by atomic mass is 35.7. The molecule has 0 saturated carbocycles. The highest BCUT2D eigenvalue weighted by Gasteiger charge is 2.28. The number of hydrogen-bond acceptors (Lipinski definition) is 3. The van der Waals surface area contributed by atoms with E-state index in [4.69, 9.17) is 10.7 Å². The minimum Gasteiger partial charge on any atom is -0.331 e. The van der Waals surface area contributed by atoms with Crippen LogP contribution in [0.4, 0.5) is 0 Å². The second-order valence-corrected chi connectivity index (χ2v) is 6.49. The maximum Gasteiger partial charge on any atom is 0.299 e. The Hall–Kier alpha value is -0.590. The van der Waals surface area contributed by atoms with Gasteiger partial charge < -0.3 is 4.57 Å². The molecular weight excluding hydrogens is 250 g/mol. The minimum atomic E-state index is -3.59. The van der Waals surface area contributed by atoms with Gasteiger partial charge in [0.1, 0.15) is 5.82 Å². The number of aryl methyl sites for hydroxylation is 1. The van der Waals surface area contributed by atoms with E-state index in [1.54, 1.807) is 6.20 Å². The third-order valence-corrected chi connectivity index (χ3v) is 4.46.